The van der Waals surface area contributed by atoms with Crippen LogP contribution in [0.2, 0.25) is 0 Å². The Labute approximate surface area is 194 Å². The van der Waals surface area contributed by atoms with Gasteiger partial charge in [0, 0.05) is 25.3 Å². The molecule has 33 heavy (non-hydrogen) atoms. The van der Waals surface area contributed by atoms with Crippen molar-refractivity contribution >= 4 is 17.6 Å². The fourth-order valence-electron chi connectivity index (χ4n) is 4.47. The molecule has 0 radical (unpaired) electrons. The van der Waals surface area contributed by atoms with Gasteiger partial charge in [0.2, 0.25) is 5.91 Å². The minimum absolute atomic E-state index is 0.00616. The Hall–Kier alpha value is -3.67. The summed E-state index contributed by atoms with van der Waals surface area (Å²) in [4.78, 5) is 32.3. The van der Waals surface area contributed by atoms with Gasteiger partial charge >= 0.3 is 0 Å². The lowest BCUT2D eigenvalue weighted by Crippen LogP contribution is -2.47. The summed E-state index contributed by atoms with van der Waals surface area (Å²) < 4.78 is 0. The van der Waals surface area contributed by atoms with Crippen LogP contribution < -0.4 is 11.1 Å². The zero-order valence-corrected chi connectivity index (χ0v) is 19.1. The number of carbonyl (C=O) groups excluding carboxylic acids is 2. The lowest BCUT2D eigenvalue weighted by Gasteiger charge is -2.29. The summed E-state index contributed by atoms with van der Waals surface area (Å²) >= 11 is 0. The number of hydrogen-bond acceptors (Lipinski definition) is 4. The number of amides is 2. The fraction of sp³-hybridized carbons (Fsp3) is 0.296. The molecule has 1 aliphatic heterocycles. The highest BCUT2D eigenvalue weighted by molar-refractivity contribution is 5.95. The maximum atomic E-state index is 13.4. The van der Waals surface area contributed by atoms with Gasteiger partial charge in [0.15, 0.2) is 0 Å². The Balaban J connectivity index is 1.60. The molecule has 1 saturated heterocycles. The van der Waals surface area contributed by atoms with E-state index in [9.17, 15) is 9.59 Å². The number of nitrogens with two attached hydrogens (primary N) is 1. The highest BCUT2D eigenvalue weighted by atomic mass is 16.2. The maximum Gasteiger partial charge on any atom is 0.255 e. The van der Waals surface area contributed by atoms with Gasteiger partial charge in [-0.3, -0.25) is 9.59 Å². The van der Waals surface area contributed by atoms with Gasteiger partial charge in [-0.2, -0.15) is 0 Å². The first-order valence-corrected chi connectivity index (χ1v) is 11.3. The van der Waals surface area contributed by atoms with Gasteiger partial charge in [0.05, 0.1) is 11.0 Å². The van der Waals surface area contributed by atoms with Gasteiger partial charge in [-0.05, 0) is 55.5 Å². The SMILES string of the molecule is CC(C)NC(=O)[C@@]1(Cc2cccc(-c3ccccc3)c2)CCN(C(=O)c2ccc(N)nc2)C1. The van der Waals surface area contributed by atoms with Gasteiger partial charge in [0.1, 0.15) is 5.82 Å². The van der Waals surface area contributed by atoms with E-state index in [0.29, 0.717) is 37.3 Å². The average molecular weight is 443 g/mol. The highest BCUT2D eigenvalue weighted by Crippen LogP contribution is 2.36. The van der Waals surface area contributed by atoms with Crippen molar-refractivity contribution < 1.29 is 9.59 Å². The summed E-state index contributed by atoms with van der Waals surface area (Å²) in [5, 5.41) is 3.09. The third-order valence-corrected chi connectivity index (χ3v) is 6.15. The normalized spacial score (nSPS) is 17.8. The maximum absolute atomic E-state index is 13.4. The quantitative estimate of drug-likeness (QED) is 0.605. The van der Waals surface area contributed by atoms with Crippen LogP contribution in [0.5, 0.6) is 0 Å². The van der Waals surface area contributed by atoms with E-state index in [0.717, 1.165) is 16.7 Å². The van der Waals surface area contributed by atoms with Crippen molar-refractivity contribution in [3.05, 3.63) is 84.1 Å². The summed E-state index contributed by atoms with van der Waals surface area (Å²) in [5.41, 5.74) is 8.80. The number of nitrogens with zero attached hydrogens (tertiary/aromatic N) is 2. The number of rotatable bonds is 6. The lowest BCUT2D eigenvalue weighted by molar-refractivity contribution is -0.130. The van der Waals surface area contributed by atoms with E-state index in [1.807, 2.05) is 38.1 Å². The number of hydrogen-bond donors (Lipinski definition) is 2. The second-order valence-electron chi connectivity index (χ2n) is 9.10. The highest BCUT2D eigenvalue weighted by Gasteiger charge is 2.46. The molecule has 2 amide bonds. The van der Waals surface area contributed by atoms with E-state index in [2.05, 4.69) is 40.6 Å². The number of benzene rings is 2. The molecule has 4 rings (SSSR count). The molecular weight excluding hydrogens is 412 g/mol. The number of anilines is 1. The van der Waals surface area contributed by atoms with Crippen molar-refractivity contribution in [2.45, 2.75) is 32.7 Å². The van der Waals surface area contributed by atoms with Gasteiger partial charge in [-0.25, -0.2) is 4.98 Å². The first kappa shape index (κ1) is 22.5. The van der Waals surface area contributed by atoms with Crippen LogP contribution in [0.1, 0.15) is 36.2 Å². The molecule has 2 aromatic carbocycles. The second kappa shape index (κ2) is 9.45. The zero-order chi connectivity index (χ0) is 23.4. The van der Waals surface area contributed by atoms with Crippen molar-refractivity contribution in [1.82, 2.24) is 15.2 Å². The van der Waals surface area contributed by atoms with Crippen molar-refractivity contribution in [1.29, 1.82) is 0 Å². The van der Waals surface area contributed by atoms with E-state index < -0.39 is 5.41 Å². The van der Waals surface area contributed by atoms with Crippen LogP contribution in [0.4, 0.5) is 5.82 Å². The Morgan fingerprint density at radius 1 is 1.06 bits per heavy atom. The summed E-state index contributed by atoms with van der Waals surface area (Å²) in [5.74, 6) is 0.241. The van der Waals surface area contributed by atoms with Crippen LogP contribution in [0.25, 0.3) is 11.1 Å². The zero-order valence-electron chi connectivity index (χ0n) is 19.1. The van der Waals surface area contributed by atoms with E-state index in [1.54, 1.807) is 17.0 Å². The third kappa shape index (κ3) is 5.06. The van der Waals surface area contributed by atoms with Gasteiger partial charge in [-0.15, -0.1) is 0 Å². The Morgan fingerprint density at radius 2 is 1.82 bits per heavy atom. The number of pyridine rings is 1. The topological polar surface area (TPSA) is 88.3 Å². The molecule has 0 saturated carbocycles. The Bertz CT molecular complexity index is 1130. The Morgan fingerprint density at radius 3 is 2.52 bits per heavy atom. The van der Waals surface area contributed by atoms with E-state index >= 15 is 0 Å². The van der Waals surface area contributed by atoms with Gasteiger partial charge in [0.25, 0.3) is 5.91 Å². The van der Waals surface area contributed by atoms with Crippen LogP contribution in [0.15, 0.2) is 72.9 Å². The van der Waals surface area contributed by atoms with Gasteiger partial charge < -0.3 is 16.0 Å². The molecule has 3 aromatic rings. The minimum atomic E-state index is -0.684. The van der Waals surface area contributed by atoms with E-state index in [-0.39, 0.29) is 17.9 Å². The molecule has 2 heterocycles. The number of likely N-dealkylation sites (tertiary alicyclic amines) is 1. The molecule has 170 valence electrons. The summed E-state index contributed by atoms with van der Waals surface area (Å²) in [6.45, 7) is 4.80. The van der Waals surface area contributed by atoms with Crippen molar-refractivity contribution in [2.75, 3.05) is 18.8 Å². The molecule has 3 N–H and O–H groups in total. The van der Waals surface area contributed by atoms with Crippen LogP contribution in [0, 0.1) is 5.41 Å². The van der Waals surface area contributed by atoms with Crippen molar-refractivity contribution in [3.63, 3.8) is 0 Å². The van der Waals surface area contributed by atoms with E-state index in [4.69, 9.17) is 5.73 Å². The molecule has 1 aliphatic rings. The number of aromatic nitrogens is 1. The van der Waals surface area contributed by atoms with Crippen LogP contribution in [0.3, 0.4) is 0 Å². The predicted molar refractivity (Wildman–Crippen MR) is 130 cm³/mol. The minimum Gasteiger partial charge on any atom is -0.384 e. The molecule has 1 atom stereocenters. The third-order valence-electron chi connectivity index (χ3n) is 6.15. The molecule has 0 unspecified atom stereocenters. The molecule has 1 fully saturated rings. The number of nitrogens with one attached hydrogen (secondary N) is 1. The lowest BCUT2D eigenvalue weighted by atomic mass is 9.79. The molecule has 6 nitrogen and oxygen atoms in total. The van der Waals surface area contributed by atoms with E-state index in [1.165, 1.54) is 6.20 Å². The first-order chi connectivity index (χ1) is 15.9. The van der Waals surface area contributed by atoms with Gasteiger partial charge in [-0.1, -0.05) is 54.6 Å². The molecular formula is C27H30N4O2. The summed E-state index contributed by atoms with van der Waals surface area (Å²) in [6, 6.07) is 21.8. The molecule has 0 aliphatic carbocycles. The monoisotopic (exact) mass is 442 g/mol. The molecule has 0 spiro atoms. The van der Waals surface area contributed by atoms with Crippen LogP contribution in [-0.2, 0) is 11.2 Å². The molecule has 6 heteroatoms. The fourth-order valence-corrected chi connectivity index (χ4v) is 4.47. The number of carbonyl (C=O) groups is 2. The largest absolute Gasteiger partial charge is 0.384 e. The predicted octanol–water partition coefficient (Wildman–Crippen LogP) is 3.93. The molecule has 0 bridgehead atoms. The summed E-state index contributed by atoms with van der Waals surface area (Å²) in [6.07, 6.45) is 2.67. The standard InChI is InChI=1S/C27H30N4O2/c1-19(2)30-26(33)27(13-14-31(18-27)25(32)23-11-12-24(28)29-17-23)16-20-7-6-10-22(15-20)21-8-4-3-5-9-21/h3-12,15,17,19H,13-14,16,18H2,1-2H3,(H2,28,29)(H,30,33)/t27-/m1/s1. The average Bonchev–Trinajstić information content (AvgIpc) is 3.25. The van der Waals surface area contributed by atoms with Crippen molar-refractivity contribution in [2.24, 2.45) is 5.41 Å². The van der Waals surface area contributed by atoms with Crippen LogP contribution in [-0.4, -0.2) is 40.8 Å². The van der Waals surface area contributed by atoms with Crippen molar-refractivity contribution in [3.8, 4) is 11.1 Å². The number of nitrogen functional groups attached to an aromatic ring is 1. The first-order valence-electron chi connectivity index (χ1n) is 11.3. The summed E-state index contributed by atoms with van der Waals surface area (Å²) in [7, 11) is 0. The molecule has 1 aromatic heterocycles. The second-order valence-corrected chi connectivity index (χ2v) is 9.10. The van der Waals surface area contributed by atoms with Crippen LogP contribution >= 0.6 is 0 Å². The smallest absolute Gasteiger partial charge is 0.255 e. The Kier molecular flexibility index (Phi) is 6.45.